The molecule has 3 nitrogen and oxygen atoms in total. The number of ether oxygens (including phenoxy) is 1. The van der Waals surface area contributed by atoms with Gasteiger partial charge in [-0.3, -0.25) is 9.69 Å². The minimum Gasteiger partial charge on any atom is -0.440 e. The van der Waals surface area contributed by atoms with E-state index in [1.165, 1.54) is 0 Å². The Labute approximate surface area is 85.5 Å². The van der Waals surface area contributed by atoms with E-state index in [1.807, 2.05) is 0 Å². The third kappa shape index (κ3) is 1.79. The third-order valence-electron chi connectivity index (χ3n) is 1.83. The van der Waals surface area contributed by atoms with Gasteiger partial charge in [-0.1, -0.05) is 34.8 Å². The zero-order valence-electron chi connectivity index (χ0n) is 6.55. The van der Waals surface area contributed by atoms with Crippen LogP contribution in [0.5, 0.6) is 0 Å². The quantitative estimate of drug-likeness (QED) is 0.469. The number of hydrogen-bond acceptors (Lipinski definition) is 3. The van der Waals surface area contributed by atoms with Crippen molar-refractivity contribution in [1.29, 1.82) is 0 Å². The molecule has 70 valence electrons. The van der Waals surface area contributed by atoms with Crippen molar-refractivity contribution >= 4 is 40.8 Å². The van der Waals surface area contributed by atoms with E-state index < -0.39 is 10.0 Å². The Hall–Kier alpha value is 0.300. The molecule has 0 saturated carbocycles. The minimum atomic E-state index is -1.59. The lowest BCUT2D eigenvalue weighted by Crippen LogP contribution is -2.40. The van der Waals surface area contributed by atoms with Gasteiger partial charge in [0.15, 0.2) is 0 Å². The maximum atomic E-state index is 11.0. The van der Waals surface area contributed by atoms with Crippen molar-refractivity contribution in [1.82, 2.24) is 4.90 Å². The van der Waals surface area contributed by atoms with Crippen molar-refractivity contribution < 1.29 is 9.53 Å². The van der Waals surface area contributed by atoms with Crippen LogP contribution in [0.15, 0.2) is 0 Å². The fraction of sp³-hybridized carbons (Fsp3) is 0.833. The summed E-state index contributed by atoms with van der Waals surface area (Å²) in [6, 6.07) is -0.356. The zero-order valence-corrected chi connectivity index (χ0v) is 8.82. The second kappa shape index (κ2) is 3.22. The summed E-state index contributed by atoms with van der Waals surface area (Å²) < 4.78 is 3.25. The van der Waals surface area contributed by atoms with Crippen molar-refractivity contribution in [2.45, 2.75) is 23.0 Å². The first-order valence-corrected chi connectivity index (χ1v) is 4.46. The van der Waals surface area contributed by atoms with Crippen LogP contribution in [-0.2, 0) is 9.53 Å². The molecule has 0 radical (unpaired) electrons. The highest BCUT2D eigenvalue weighted by Gasteiger charge is 2.47. The number of esters is 1. The lowest BCUT2D eigenvalue weighted by atomic mass is 10.3. The highest BCUT2D eigenvalue weighted by Crippen LogP contribution is 2.37. The van der Waals surface area contributed by atoms with Gasteiger partial charge in [0, 0.05) is 0 Å². The summed E-state index contributed by atoms with van der Waals surface area (Å²) in [6.45, 7) is 1.69. The first-order chi connectivity index (χ1) is 5.34. The molecule has 6 heteroatoms. The molecule has 0 aromatic carbocycles. The molecule has 0 N–H and O–H groups in total. The number of hydrogen-bond donors (Lipinski definition) is 0. The molecule has 1 fully saturated rings. The van der Waals surface area contributed by atoms with E-state index in [0.29, 0.717) is 0 Å². The van der Waals surface area contributed by atoms with Crippen LogP contribution in [0.3, 0.4) is 0 Å². The first-order valence-electron chi connectivity index (χ1n) is 3.33. The highest BCUT2D eigenvalue weighted by molar-refractivity contribution is 6.68. The second-order valence-electron chi connectivity index (χ2n) is 2.67. The average molecular weight is 232 g/mol. The average Bonchev–Trinajstić information content (AvgIpc) is 2.15. The monoisotopic (exact) mass is 231 g/mol. The van der Waals surface area contributed by atoms with Crippen LogP contribution in [0.4, 0.5) is 0 Å². The second-order valence-corrected chi connectivity index (χ2v) is 5.04. The molecule has 1 aliphatic rings. The van der Waals surface area contributed by atoms with E-state index in [4.69, 9.17) is 39.5 Å². The Morgan fingerprint density at radius 2 is 2.00 bits per heavy atom. The number of carbonyl (C=O) groups is 1. The van der Waals surface area contributed by atoms with E-state index in [9.17, 15) is 4.79 Å². The van der Waals surface area contributed by atoms with Crippen LogP contribution >= 0.6 is 34.8 Å². The van der Waals surface area contributed by atoms with Gasteiger partial charge in [0.25, 0.3) is 0 Å². The molecule has 0 unspecified atom stereocenters. The van der Waals surface area contributed by atoms with E-state index >= 15 is 0 Å². The summed E-state index contributed by atoms with van der Waals surface area (Å²) in [5.41, 5.74) is 0. The van der Waals surface area contributed by atoms with E-state index in [1.54, 1.807) is 18.9 Å². The Morgan fingerprint density at radius 1 is 1.50 bits per heavy atom. The number of carbonyl (C=O) groups excluding carboxylic acids is 1. The van der Waals surface area contributed by atoms with Gasteiger partial charge in [-0.25, -0.2) is 0 Å². The van der Waals surface area contributed by atoms with Crippen LogP contribution in [0, 0.1) is 0 Å². The zero-order chi connectivity index (χ0) is 9.52. The molecule has 1 aliphatic heterocycles. The molecule has 1 heterocycles. The standard InChI is InChI=1S/C6H8Cl3NO2/c1-3-4(11)12-5(10(3)2)6(7,8)9/h3,5H,1-2H3/t3-,5+/m1/s1. The largest absolute Gasteiger partial charge is 0.440 e. The van der Waals surface area contributed by atoms with Crippen LogP contribution in [0.2, 0.25) is 0 Å². The summed E-state index contributed by atoms with van der Waals surface area (Å²) in [5.74, 6) is -0.367. The van der Waals surface area contributed by atoms with Crippen molar-refractivity contribution in [2.75, 3.05) is 7.05 Å². The fourth-order valence-corrected chi connectivity index (χ4v) is 1.55. The van der Waals surface area contributed by atoms with Gasteiger partial charge in [0.1, 0.15) is 6.04 Å². The summed E-state index contributed by atoms with van der Waals surface area (Å²) in [4.78, 5) is 12.6. The molecule has 0 bridgehead atoms. The van der Waals surface area contributed by atoms with Gasteiger partial charge in [0.2, 0.25) is 10.0 Å². The Kier molecular flexibility index (Phi) is 2.78. The van der Waals surface area contributed by atoms with Crippen molar-refractivity contribution in [2.24, 2.45) is 0 Å². The van der Waals surface area contributed by atoms with Crippen molar-refractivity contribution in [3.63, 3.8) is 0 Å². The Balaban J connectivity index is 2.78. The Bertz CT molecular complexity index is 203. The molecule has 12 heavy (non-hydrogen) atoms. The normalized spacial score (nSPS) is 32.2. The van der Waals surface area contributed by atoms with Crippen LogP contribution in [0.1, 0.15) is 6.92 Å². The maximum absolute atomic E-state index is 11.0. The molecule has 0 aromatic heterocycles. The van der Waals surface area contributed by atoms with Crippen molar-refractivity contribution in [3.05, 3.63) is 0 Å². The number of rotatable bonds is 0. The molecule has 0 aromatic rings. The molecular formula is C6H8Cl3NO2. The van der Waals surface area contributed by atoms with Gasteiger partial charge in [-0.2, -0.15) is 0 Å². The van der Waals surface area contributed by atoms with Gasteiger partial charge >= 0.3 is 5.97 Å². The number of likely N-dealkylation sites (N-methyl/N-ethyl adjacent to an activating group) is 1. The number of cyclic esters (lactones) is 1. The van der Waals surface area contributed by atoms with Crippen LogP contribution < -0.4 is 0 Å². The minimum absolute atomic E-state index is 0.356. The third-order valence-corrected chi connectivity index (χ3v) is 2.39. The van der Waals surface area contributed by atoms with E-state index in [2.05, 4.69) is 0 Å². The molecule has 1 rings (SSSR count). The van der Waals surface area contributed by atoms with Gasteiger partial charge < -0.3 is 4.74 Å². The smallest absolute Gasteiger partial charge is 0.324 e. The van der Waals surface area contributed by atoms with Gasteiger partial charge in [0.05, 0.1) is 0 Å². The topological polar surface area (TPSA) is 29.5 Å². The van der Waals surface area contributed by atoms with Gasteiger partial charge in [-0.05, 0) is 14.0 Å². The maximum Gasteiger partial charge on any atom is 0.324 e. The summed E-state index contributed by atoms with van der Waals surface area (Å²) >= 11 is 16.7. The van der Waals surface area contributed by atoms with Crippen LogP contribution in [0.25, 0.3) is 0 Å². The van der Waals surface area contributed by atoms with E-state index in [0.717, 1.165) is 0 Å². The lowest BCUT2D eigenvalue weighted by molar-refractivity contribution is -0.142. The first kappa shape index (κ1) is 10.4. The molecule has 0 spiro atoms. The van der Waals surface area contributed by atoms with Crippen LogP contribution in [-0.4, -0.2) is 34.0 Å². The number of nitrogens with zero attached hydrogens (tertiary/aromatic N) is 1. The number of alkyl halides is 3. The molecule has 2 atom stereocenters. The number of halogens is 3. The molecule has 0 aliphatic carbocycles. The predicted molar refractivity (Wildman–Crippen MR) is 47.4 cm³/mol. The summed E-state index contributed by atoms with van der Waals surface area (Å²) in [5, 5.41) is 0. The molecular weight excluding hydrogens is 224 g/mol. The van der Waals surface area contributed by atoms with Crippen molar-refractivity contribution in [3.8, 4) is 0 Å². The molecule has 0 amide bonds. The fourth-order valence-electron chi connectivity index (χ4n) is 0.959. The molecule has 1 saturated heterocycles. The lowest BCUT2D eigenvalue weighted by Gasteiger charge is -2.24. The van der Waals surface area contributed by atoms with E-state index in [-0.39, 0.29) is 12.0 Å². The Morgan fingerprint density at radius 3 is 2.17 bits per heavy atom. The van der Waals surface area contributed by atoms with Gasteiger partial charge in [-0.15, -0.1) is 0 Å². The SMILES string of the molecule is C[C@@H]1C(=O)O[C@@H](C(Cl)(Cl)Cl)N1C. The predicted octanol–water partition coefficient (Wildman–Crippen LogP) is 1.56. The summed E-state index contributed by atoms with van der Waals surface area (Å²) in [7, 11) is 1.67. The summed E-state index contributed by atoms with van der Waals surface area (Å²) in [6.07, 6.45) is -0.787. The highest BCUT2D eigenvalue weighted by atomic mass is 35.6.